The van der Waals surface area contributed by atoms with Gasteiger partial charge in [-0.05, 0) is 57.5 Å². The van der Waals surface area contributed by atoms with Crippen molar-refractivity contribution in [1.82, 2.24) is 5.43 Å². The molecule has 0 fully saturated rings. The number of nitrogens with one attached hydrogen (secondary N) is 1. The van der Waals surface area contributed by atoms with Crippen molar-refractivity contribution in [3.63, 3.8) is 0 Å². The van der Waals surface area contributed by atoms with Crippen LogP contribution in [0.4, 0.5) is 5.69 Å². The number of likely N-dealkylation sites (N-methyl/N-ethyl adjacent to an activating group) is 1. The van der Waals surface area contributed by atoms with Gasteiger partial charge in [0, 0.05) is 34.4 Å². The zero-order valence-electron chi connectivity index (χ0n) is 17.7. The minimum Gasteiger partial charge on any atom is -0.496 e. The first-order valence-electron chi connectivity index (χ1n) is 9.66. The van der Waals surface area contributed by atoms with Crippen molar-refractivity contribution in [2.75, 3.05) is 18.6 Å². The van der Waals surface area contributed by atoms with Crippen molar-refractivity contribution in [2.24, 2.45) is 5.10 Å². The Labute approximate surface area is 187 Å². The number of anilines is 1. The van der Waals surface area contributed by atoms with Crippen molar-refractivity contribution in [2.45, 2.75) is 33.2 Å². The number of nitrogens with zero attached hydrogens (tertiary/aromatic N) is 2. The Balaban J connectivity index is 1.90. The van der Waals surface area contributed by atoms with E-state index in [9.17, 15) is 4.79 Å². The van der Waals surface area contributed by atoms with Crippen LogP contribution in [-0.4, -0.2) is 31.3 Å². The molecule has 1 aliphatic heterocycles. The lowest BCUT2D eigenvalue weighted by Gasteiger charge is -2.43. The molecule has 0 unspecified atom stereocenters. The molecule has 2 aromatic carbocycles. The maximum atomic E-state index is 12.4. The summed E-state index contributed by atoms with van der Waals surface area (Å²) in [5.74, 6) is 0.264. The van der Waals surface area contributed by atoms with Crippen LogP contribution >= 0.6 is 23.2 Å². The Morgan fingerprint density at radius 1 is 1.27 bits per heavy atom. The van der Waals surface area contributed by atoms with E-state index in [1.807, 2.05) is 12.1 Å². The molecule has 1 aliphatic rings. The van der Waals surface area contributed by atoms with Crippen LogP contribution in [0.5, 0.6) is 5.75 Å². The smallest absolute Gasteiger partial charge is 0.272 e. The van der Waals surface area contributed by atoms with E-state index in [4.69, 9.17) is 27.9 Å². The Hall–Kier alpha value is -2.50. The van der Waals surface area contributed by atoms with Crippen molar-refractivity contribution < 1.29 is 9.53 Å². The van der Waals surface area contributed by atoms with Crippen LogP contribution in [0.15, 0.2) is 41.5 Å². The highest BCUT2D eigenvalue weighted by atomic mass is 35.5. The third-order valence-electron chi connectivity index (χ3n) is 5.19. The quantitative estimate of drug-likeness (QED) is 0.468. The van der Waals surface area contributed by atoms with Crippen LogP contribution in [-0.2, 0) is 0 Å². The summed E-state index contributed by atoms with van der Waals surface area (Å²) in [4.78, 5) is 14.7. The van der Waals surface area contributed by atoms with Crippen LogP contribution in [0, 0.1) is 0 Å². The van der Waals surface area contributed by atoms with E-state index in [1.165, 1.54) is 11.6 Å². The predicted octanol–water partition coefficient (Wildman–Crippen LogP) is 5.79. The van der Waals surface area contributed by atoms with E-state index in [0.29, 0.717) is 16.3 Å². The van der Waals surface area contributed by atoms with Crippen LogP contribution in [0.3, 0.4) is 0 Å². The molecule has 0 spiro atoms. The molecule has 30 heavy (non-hydrogen) atoms. The Morgan fingerprint density at radius 3 is 2.63 bits per heavy atom. The predicted molar refractivity (Wildman–Crippen MR) is 125 cm³/mol. The summed E-state index contributed by atoms with van der Waals surface area (Å²) in [5, 5.41) is 4.84. The molecule has 5 nitrogen and oxygen atoms in total. The van der Waals surface area contributed by atoms with Crippen LogP contribution in [0.2, 0.25) is 10.0 Å². The van der Waals surface area contributed by atoms with Gasteiger partial charge >= 0.3 is 0 Å². The summed E-state index contributed by atoms with van der Waals surface area (Å²) >= 11 is 12.0. The van der Waals surface area contributed by atoms with Crippen molar-refractivity contribution in [3.8, 4) is 5.75 Å². The lowest BCUT2D eigenvalue weighted by molar-refractivity contribution is 0.0955. The lowest BCUT2D eigenvalue weighted by atomic mass is 9.88. The Bertz CT molecular complexity index is 1040. The molecule has 0 saturated carbocycles. The molecular formula is C23H25Cl2N3O2. The topological polar surface area (TPSA) is 53.9 Å². The fraction of sp³-hybridized carbons (Fsp3) is 0.304. The van der Waals surface area contributed by atoms with E-state index < -0.39 is 5.91 Å². The molecule has 0 saturated heterocycles. The molecule has 0 aliphatic carbocycles. The number of allylic oxidation sites excluding steroid dienone is 1. The first-order valence-corrected chi connectivity index (χ1v) is 10.4. The maximum absolute atomic E-state index is 12.4. The number of carbonyl (C=O) groups is 1. The number of fused-ring (bicyclic) bond motifs is 1. The zero-order valence-corrected chi connectivity index (χ0v) is 19.2. The van der Waals surface area contributed by atoms with Gasteiger partial charge in [0.05, 0.1) is 29.4 Å². The Kier molecular flexibility index (Phi) is 6.44. The second kappa shape index (κ2) is 8.70. The summed E-state index contributed by atoms with van der Waals surface area (Å²) in [5.41, 5.74) is 6.91. The number of hydrogen-bond acceptors (Lipinski definition) is 4. The number of hydrazone groups is 1. The van der Waals surface area contributed by atoms with E-state index in [1.54, 1.807) is 25.5 Å². The van der Waals surface area contributed by atoms with Gasteiger partial charge in [-0.2, -0.15) is 5.10 Å². The van der Waals surface area contributed by atoms with Crippen molar-refractivity contribution in [3.05, 3.63) is 63.1 Å². The largest absolute Gasteiger partial charge is 0.496 e. The van der Waals surface area contributed by atoms with Gasteiger partial charge in [0.2, 0.25) is 0 Å². The van der Waals surface area contributed by atoms with E-state index in [-0.39, 0.29) is 10.6 Å². The highest BCUT2D eigenvalue weighted by molar-refractivity contribution is 6.36. The van der Waals surface area contributed by atoms with Gasteiger partial charge in [0.15, 0.2) is 0 Å². The number of rotatable bonds is 5. The number of benzene rings is 2. The molecule has 7 heteroatoms. The van der Waals surface area contributed by atoms with E-state index in [2.05, 4.69) is 49.2 Å². The fourth-order valence-corrected chi connectivity index (χ4v) is 4.37. The average Bonchev–Trinajstić information content (AvgIpc) is 2.67. The van der Waals surface area contributed by atoms with Gasteiger partial charge in [0.25, 0.3) is 5.91 Å². The fourth-order valence-electron chi connectivity index (χ4n) is 3.87. The molecule has 1 heterocycles. The van der Waals surface area contributed by atoms with Gasteiger partial charge in [-0.1, -0.05) is 29.3 Å². The molecule has 158 valence electrons. The third kappa shape index (κ3) is 4.32. The number of amides is 1. The van der Waals surface area contributed by atoms with Crippen LogP contribution < -0.4 is 15.1 Å². The minimum atomic E-state index is -0.417. The molecule has 1 N–H and O–H groups in total. The molecule has 2 aromatic rings. The van der Waals surface area contributed by atoms with E-state index >= 15 is 0 Å². The first kappa shape index (κ1) is 22.2. The van der Waals surface area contributed by atoms with Crippen molar-refractivity contribution in [1.29, 1.82) is 0 Å². The summed E-state index contributed by atoms with van der Waals surface area (Å²) in [6, 6.07) is 8.74. The molecular weight excluding hydrogens is 421 g/mol. The molecule has 3 rings (SSSR count). The number of carbonyl (C=O) groups excluding carboxylic acids is 1. The van der Waals surface area contributed by atoms with Crippen molar-refractivity contribution >= 4 is 46.6 Å². The zero-order chi connectivity index (χ0) is 22.1. The normalized spacial score (nSPS) is 15.0. The van der Waals surface area contributed by atoms with Gasteiger partial charge in [-0.15, -0.1) is 0 Å². The summed E-state index contributed by atoms with van der Waals surface area (Å²) in [6.45, 7) is 9.51. The minimum absolute atomic E-state index is 0.0850. The average molecular weight is 446 g/mol. The highest BCUT2D eigenvalue weighted by Crippen LogP contribution is 2.41. The molecule has 0 atom stereocenters. The maximum Gasteiger partial charge on any atom is 0.272 e. The summed E-state index contributed by atoms with van der Waals surface area (Å²) in [7, 11) is 1.62. The number of halogens is 2. The monoisotopic (exact) mass is 445 g/mol. The Morgan fingerprint density at radius 2 is 2.00 bits per heavy atom. The van der Waals surface area contributed by atoms with Gasteiger partial charge in [-0.3, -0.25) is 4.79 Å². The first-order chi connectivity index (χ1) is 14.2. The third-order valence-corrected chi connectivity index (χ3v) is 5.74. The van der Waals surface area contributed by atoms with Gasteiger partial charge in [0.1, 0.15) is 5.75 Å². The SMILES string of the molecule is CCN1c2cc(OC)c(/C=N\NC(=O)c3ccc(Cl)cc3Cl)cc2C(C)=CC1(C)C. The van der Waals surface area contributed by atoms with Crippen LogP contribution in [0.25, 0.3) is 5.57 Å². The van der Waals surface area contributed by atoms with Gasteiger partial charge in [-0.25, -0.2) is 5.43 Å². The highest BCUT2D eigenvalue weighted by Gasteiger charge is 2.31. The van der Waals surface area contributed by atoms with Gasteiger partial charge < -0.3 is 9.64 Å². The molecule has 0 bridgehead atoms. The standard InChI is InChI=1S/C23H25Cl2N3O2/c1-6-28-20-11-21(30-5)15(9-18(20)14(2)12-23(28,3)4)13-26-27-22(29)17-8-7-16(24)10-19(17)25/h7-13H,6H2,1-5H3,(H,27,29)/b26-13-. The summed E-state index contributed by atoms with van der Waals surface area (Å²) in [6.07, 6.45) is 3.83. The second-order valence-electron chi connectivity index (χ2n) is 7.66. The van der Waals surface area contributed by atoms with Crippen LogP contribution in [0.1, 0.15) is 49.2 Å². The molecule has 0 aromatic heterocycles. The second-order valence-corrected chi connectivity index (χ2v) is 8.50. The number of ether oxygens (including phenoxy) is 1. The molecule has 1 amide bonds. The number of methoxy groups -OCH3 is 1. The molecule has 0 radical (unpaired) electrons. The summed E-state index contributed by atoms with van der Waals surface area (Å²) < 4.78 is 5.60. The number of hydrogen-bond donors (Lipinski definition) is 1. The van der Waals surface area contributed by atoms with E-state index in [0.717, 1.165) is 23.4 Å². The lowest BCUT2D eigenvalue weighted by Crippen LogP contribution is -2.44.